The van der Waals surface area contributed by atoms with Gasteiger partial charge in [0, 0.05) is 49.6 Å². The van der Waals surface area contributed by atoms with Gasteiger partial charge >= 0.3 is 17.1 Å². The molecule has 2 aromatic carbocycles. The van der Waals surface area contributed by atoms with Crippen molar-refractivity contribution < 1.29 is 13.5 Å². The molecule has 0 unspecified atom stereocenters. The second-order valence-electron chi connectivity index (χ2n) is 8.70. The first-order valence-electron chi connectivity index (χ1n) is 11.9. The smallest absolute Gasteiger partial charge is 0.341 e. The molecule has 0 aliphatic carbocycles. The molecule has 4 aromatic rings. The Morgan fingerprint density at radius 2 is 1.58 bits per heavy atom. The number of likely N-dealkylation sites (N-methyl/N-ethyl adjacent to an activating group) is 1. The van der Waals surface area contributed by atoms with Crippen LogP contribution >= 0.6 is 0 Å². The SMILES string of the molecule is COc1cccc(-n2c(=O)n(CCN(C)CCc3ccccn3)c(=O)n(Cc3c(F)cccc3F)c2=O)c1. The second-order valence-corrected chi connectivity index (χ2v) is 8.70. The number of benzene rings is 2. The van der Waals surface area contributed by atoms with E-state index >= 15 is 0 Å². The Balaban J connectivity index is 1.74. The minimum atomic E-state index is -1.02. The Hall–Kier alpha value is -4.38. The number of ether oxygens (including phenoxy) is 1. The molecule has 4 rings (SSSR count). The van der Waals surface area contributed by atoms with Crippen LogP contribution < -0.4 is 21.8 Å². The molecular weight excluding hydrogens is 496 g/mol. The van der Waals surface area contributed by atoms with E-state index in [0.717, 1.165) is 27.0 Å². The van der Waals surface area contributed by atoms with Gasteiger partial charge in [-0.05, 0) is 43.4 Å². The van der Waals surface area contributed by atoms with Crippen molar-refractivity contribution in [2.24, 2.45) is 0 Å². The highest BCUT2D eigenvalue weighted by Gasteiger charge is 2.20. The quantitative estimate of drug-likeness (QED) is 0.316. The first-order chi connectivity index (χ1) is 18.3. The Labute approximate surface area is 216 Å². The molecule has 38 heavy (non-hydrogen) atoms. The van der Waals surface area contributed by atoms with Crippen molar-refractivity contribution in [3.63, 3.8) is 0 Å². The molecule has 0 aliphatic heterocycles. The third-order valence-electron chi connectivity index (χ3n) is 6.18. The van der Waals surface area contributed by atoms with E-state index in [1.54, 1.807) is 18.3 Å². The van der Waals surface area contributed by atoms with Crippen LogP contribution in [0.3, 0.4) is 0 Å². The van der Waals surface area contributed by atoms with Crippen LogP contribution in [-0.4, -0.2) is 50.8 Å². The first-order valence-corrected chi connectivity index (χ1v) is 11.9. The summed E-state index contributed by atoms with van der Waals surface area (Å²) >= 11 is 0. The Morgan fingerprint density at radius 1 is 0.868 bits per heavy atom. The van der Waals surface area contributed by atoms with Crippen LogP contribution in [0.15, 0.2) is 81.2 Å². The lowest BCUT2D eigenvalue weighted by molar-refractivity contribution is 0.311. The van der Waals surface area contributed by atoms with Crippen LogP contribution in [0.25, 0.3) is 5.69 Å². The average Bonchev–Trinajstić information content (AvgIpc) is 2.92. The highest BCUT2D eigenvalue weighted by Crippen LogP contribution is 2.15. The molecule has 0 atom stereocenters. The van der Waals surface area contributed by atoms with Crippen molar-refractivity contribution >= 4 is 0 Å². The predicted molar refractivity (Wildman–Crippen MR) is 138 cm³/mol. The minimum Gasteiger partial charge on any atom is -0.497 e. The summed E-state index contributed by atoms with van der Waals surface area (Å²) in [7, 11) is 3.27. The summed E-state index contributed by atoms with van der Waals surface area (Å²) in [5.74, 6) is -1.43. The molecule has 0 saturated carbocycles. The molecule has 9 nitrogen and oxygen atoms in total. The highest BCUT2D eigenvalue weighted by molar-refractivity contribution is 5.38. The van der Waals surface area contributed by atoms with Gasteiger partial charge in [0.05, 0.1) is 19.3 Å². The lowest BCUT2D eigenvalue weighted by Gasteiger charge is -2.19. The zero-order chi connectivity index (χ0) is 27.2. The maximum atomic E-state index is 14.4. The van der Waals surface area contributed by atoms with E-state index in [1.165, 1.54) is 25.3 Å². The standard InChI is InChI=1S/C27H27F2N5O4/c1-31(14-12-19-7-3-4-13-30-19)15-16-32-25(35)33(18-22-23(28)10-6-11-24(22)29)27(37)34(26(32)36)20-8-5-9-21(17-20)38-2/h3-11,13,17H,12,14-16,18H2,1-2H3. The number of pyridine rings is 1. The largest absolute Gasteiger partial charge is 0.497 e. The van der Waals surface area contributed by atoms with E-state index in [0.29, 0.717) is 29.8 Å². The fourth-order valence-electron chi connectivity index (χ4n) is 4.01. The number of methoxy groups -OCH3 is 1. The summed E-state index contributed by atoms with van der Waals surface area (Å²) in [6.45, 7) is 0.165. The fourth-order valence-corrected chi connectivity index (χ4v) is 4.01. The van der Waals surface area contributed by atoms with Gasteiger partial charge in [-0.1, -0.05) is 18.2 Å². The molecular formula is C27H27F2N5O4. The van der Waals surface area contributed by atoms with Crippen molar-refractivity contribution in [3.05, 3.63) is 121 Å². The summed E-state index contributed by atoms with van der Waals surface area (Å²) in [6.07, 6.45) is 2.36. The third kappa shape index (κ3) is 5.78. The third-order valence-corrected chi connectivity index (χ3v) is 6.18. The van der Waals surface area contributed by atoms with Crippen LogP contribution in [0, 0.1) is 11.6 Å². The molecule has 0 spiro atoms. The van der Waals surface area contributed by atoms with E-state index in [-0.39, 0.29) is 12.2 Å². The average molecular weight is 524 g/mol. The normalized spacial score (nSPS) is 11.2. The first kappa shape index (κ1) is 26.7. The lowest BCUT2D eigenvalue weighted by Crippen LogP contribution is -2.55. The Bertz CT molecular complexity index is 1580. The summed E-state index contributed by atoms with van der Waals surface area (Å²) < 4.78 is 36.4. The lowest BCUT2D eigenvalue weighted by atomic mass is 10.2. The zero-order valence-corrected chi connectivity index (χ0v) is 21.0. The van der Waals surface area contributed by atoms with Gasteiger partial charge in [0.2, 0.25) is 0 Å². The molecule has 0 amide bonds. The van der Waals surface area contributed by atoms with Crippen molar-refractivity contribution in [3.8, 4) is 11.4 Å². The van der Waals surface area contributed by atoms with Crippen molar-refractivity contribution in [1.29, 1.82) is 0 Å². The number of rotatable bonds is 10. The monoisotopic (exact) mass is 523 g/mol. The number of halogens is 2. The maximum Gasteiger partial charge on any atom is 0.341 e. The number of hydrogen-bond acceptors (Lipinski definition) is 6. The molecule has 2 aromatic heterocycles. The molecule has 198 valence electrons. The van der Waals surface area contributed by atoms with Gasteiger partial charge in [0.25, 0.3) is 0 Å². The van der Waals surface area contributed by atoms with Gasteiger partial charge in [-0.2, -0.15) is 0 Å². The molecule has 0 fully saturated rings. The van der Waals surface area contributed by atoms with Crippen LogP contribution in [0.1, 0.15) is 11.3 Å². The zero-order valence-electron chi connectivity index (χ0n) is 21.0. The molecule has 2 heterocycles. The summed E-state index contributed by atoms with van der Waals surface area (Å²) in [4.78, 5) is 46.4. The van der Waals surface area contributed by atoms with Crippen molar-refractivity contribution in [2.45, 2.75) is 19.5 Å². The summed E-state index contributed by atoms with van der Waals surface area (Å²) in [5, 5.41) is 0. The van der Waals surface area contributed by atoms with Gasteiger partial charge in [-0.15, -0.1) is 0 Å². The van der Waals surface area contributed by atoms with Gasteiger partial charge in [-0.25, -0.2) is 36.9 Å². The van der Waals surface area contributed by atoms with Gasteiger partial charge in [-0.3, -0.25) is 4.98 Å². The van der Waals surface area contributed by atoms with Crippen LogP contribution in [0.2, 0.25) is 0 Å². The van der Waals surface area contributed by atoms with E-state index < -0.39 is 40.8 Å². The number of aromatic nitrogens is 4. The van der Waals surface area contributed by atoms with E-state index in [4.69, 9.17) is 4.74 Å². The molecule has 0 saturated heterocycles. The summed E-state index contributed by atoms with van der Waals surface area (Å²) in [6, 6.07) is 15.1. The van der Waals surface area contributed by atoms with Crippen LogP contribution in [-0.2, 0) is 19.5 Å². The van der Waals surface area contributed by atoms with E-state index in [9.17, 15) is 23.2 Å². The molecule has 0 bridgehead atoms. The topological polar surface area (TPSA) is 91.4 Å². The van der Waals surface area contributed by atoms with E-state index in [2.05, 4.69) is 4.98 Å². The number of nitrogens with zero attached hydrogens (tertiary/aromatic N) is 5. The maximum absolute atomic E-state index is 14.4. The summed E-state index contributed by atoms with van der Waals surface area (Å²) in [5.41, 5.74) is -2.24. The fraction of sp³-hybridized carbons (Fsp3) is 0.259. The Kier molecular flexibility index (Phi) is 8.27. The Morgan fingerprint density at radius 3 is 2.26 bits per heavy atom. The van der Waals surface area contributed by atoms with E-state index in [1.807, 2.05) is 30.1 Å². The molecule has 11 heteroatoms. The highest BCUT2D eigenvalue weighted by atomic mass is 19.1. The van der Waals surface area contributed by atoms with Crippen molar-refractivity contribution in [2.75, 3.05) is 27.2 Å². The van der Waals surface area contributed by atoms with Gasteiger partial charge in [0.15, 0.2) is 0 Å². The van der Waals surface area contributed by atoms with Crippen LogP contribution in [0.4, 0.5) is 8.78 Å². The van der Waals surface area contributed by atoms with Gasteiger partial charge in [0.1, 0.15) is 17.4 Å². The molecule has 0 N–H and O–H groups in total. The predicted octanol–water partition coefficient (Wildman–Crippen LogP) is 2.07. The van der Waals surface area contributed by atoms with Crippen LogP contribution in [0.5, 0.6) is 5.75 Å². The second kappa shape index (κ2) is 11.8. The van der Waals surface area contributed by atoms with Gasteiger partial charge < -0.3 is 9.64 Å². The molecule has 0 radical (unpaired) electrons. The van der Waals surface area contributed by atoms with Crippen molar-refractivity contribution in [1.82, 2.24) is 23.6 Å². The minimum absolute atomic E-state index is 0.0552. The number of hydrogen-bond donors (Lipinski definition) is 0. The molecule has 0 aliphatic rings.